The summed E-state index contributed by atoms with van der Waals surface area (Å²) >= 11 is 0. The van der Waals surface area contributed by atoms with E-state index in [0.29, 0.717) is 11.3 Å². The molecule has 0 unspecified atom stereocenters. The van der Waals surface area contributed by atoms with Crippen molar-refractivity contribution in [2.75, 3.05) is 26.2 Å². The second kappa shape index (κ2) is 8.28. The van der Waals surface area contributed by atoms with Crippen LogP contribution in [0.4, 0.5) is 4.39 Å². The van der Waals surface area contributed by atoms with E-state index in [2.05, 4.69) is 0 Å². The van der Waals surface area contributed by atoms with E-state index in [4.69, 9.17) is 4.42 Å². The average molecular weight is 443 g/mol. The van der Waals surface area contributed by atoms with Crippen LogP contribution in [0.2, 0.25) is 0 Å². The molecule has 2 heterocycles. The molecule has 1 amide bonds. The fraction of sp³-hybridized carbons (Fsp3) is 0.261. The summed E-state index contributed by atoms with van der Waals surface area (Å²) in [5.41, 5.74) is 2.63. The van der Waals surface area contributed by atoms with Gasteiger partial charge < -0.3 is 9.32 Å². The molecule has 6 nitrogen and oxygen atoms in total. The Bertz CT molecular complexity index is 1210. The van der Waals surface area contributed by atoms with Crippen molar-refractivity contribution >= 4 is 15.9 Å². The quantitative estimate of drug-likeness (QED) is 0.615. The van der Waals surface area contributed by atoms with Gasteiger partial charge in [0.05, 0.1) is 4.90 Å². The number of carbonyl (C=O) groups is 1. The Labute approximate surface area is 180 Å². The Morgan fingerprint density at radius 3 is 2.23 bits per heavy atom. The van der Waals surface area contributed by atoms with Gasteiger partial charge in [-0.15, -0.1) is 0 Å². The van der Waals surface area contributed by atoms with Crippen molar-refractivity contribution in [3.8, 4) is 11.3 Å². The zero-order valence-corrected chi connectivity index (χ0v) is 18.2. The van der Waals surface area contributed by atoms with Crippen LogP contribution in [-0.4, -0.2) is 49.7 Å². The second-order valence-electron chi connectivity index (χ2n) is 7.61. The molecule has 2 aromatic carbocycles. The predicted octanol–water partition coefficient (Wildman–Crippen LogP) is 3.85. The number of aryl methyl sites for hydroxylation is 2. The van der Waals surface area contributed by atoms with Crippen molar-refractivity contribution < 1.29 is 22.0 Å². The van der Waals surface area contributed by atoms with E-state index in [1.165, 1.54) is 16.4 Å². The molecule has 4 rings (SSSR count). The van der Waals surface area contributed by atoms with E-state index in [1.54, 1.807) is 47.4 Å². The summed E-state index contributed by atoms with van der Waals surface area (Å²) in [6.45, 7) is 4.80. The van der Waals surface area contributed by atoms with Crippen molar-refractivity contribution in [2.45, 2.75) is 18.7 Å². The smallest absolute Gasteiger partial charge is 0.289 e. The highest BCUT2D eigenvalue weighted by atomic mass is 32.2. The monoisotopic (exact) mass is 442 g/mol. The van der Waals surface area contributed by atoms with Crippen LogP contribution in [0.3, 0.4) is 0 Å². The third-order valence-electron chi connectivity index (χ3n) is 5.59. The van der Waals surface area contributed by atoms with Crippen LogP contribution >= 0.6 is 0 Å². The van der Waals surface area contributed by atoms with Crippen molar-refractivity contribution in [1.82, 2.24) is 9.21 Å². The molecule has 0 aliphatic carbocycles. The molecule has 31 heavy (non-hydrogen) atoms. The number of halogens is 1. The largest absolute Gasteiger partial charge is 0.451 e. The van der Waals surface area contributed by atoms with Crippen LogP contribution < -0.4 is 0 Å². The number of hydrogen-bond acceptors (Lipinski definition) is 4. The minimum absolute atomic E-state index is 0.171. The molecule has 3 aromatic rings. The zero-order valence-electron chi connectivity index (χ0n) is 17.3. The summed E-state index contributed by atoms with van der Waals surface area (Å²) in [6.07, 6.45) is 0. The number of rotatable bonds is 4. The van der Waals surface area contributed by atoms with Gasteiger partial charge in [-0.3, -0.25) is 4.79 Å². The minimum atomic E-state index is -3.61. The molecule has 0 bridgehead atoms. The maximum Gasteiger partial charge on any atom is 0.289 e. The van der Waals surface area contributed by atoms with Gasteiger partial charge in [0.2, 0.25) is 10.0 Å². The molecule has 0 radical (unpaired) electrons. The predicted molar refractivity (Wildman–Crippen MR) is 115 cm³/mol. The Morgan fingerprint density at radius 1 is 0.903 bits per heavy atom. The lowest BCUT2D eigenvalue weighted by molar-refractivity contribution is 0.0667. The Balaban J connectivity index is 1.43. The highest BCUT2D eigenvalue weighted by Gasteiger charge is 2.31. The molecule has 0 atom stereocenters. The average Bonchev–Trinajstić information content (AvgIpc) is 3.26. The standard InChI is InChI=1S/C23H23FN2O4S/c1-16-3-8-20(15-17(16)2)31(28,29)26-13-11-25(12-14-26)23(27)22-10-9-21(30-22)18-4-6-19(24)7-5-18/h3-10,15H,11-14H2,1-2H3. The van der Waals surface area contributed by atoms with Crippen LogP contribution in [0.25, 0.3) is 11.3 Å². The first-order chi connectivity index (χ1) is 14.8. The van der Waals surface area contributed by atoms with Gasteiger partial charge >= 0.3 is 0 Å². The number of piperazine rings is 1. The zero-order chi connectivity index (χ0) is 22.2. The lowest BCUT2D eigenvalue weighted by atomic mass is 10.1. The molecule has 1 saturated heterocycles. The highest BCUT2D eigenvalue weighted by Crippen LogP contribution is 2.24. The van der Waals surface area contributed by atoms with Gasteiger partial charge in [0.15, 0.2) is 5.76 Å². The van der Waals surface area contributed by atoms with Crippen LogP contribution in [0.15, 0.2) is 63.9 Å². The Morgan fingerprint density at radius 2 is 1.58 bits per heavy atom. The van der Waals surface area contributed by atoms with E-state index in [-0.39, 0.29) is 48.6 Å². The number of carbonyl (C=O) groups excluding carboxylic acids is 1. The van der Waals surface area contributed by atoms with Crippen molar-refractivity contribution in [3.63, 3.8) is 0 Å². The highest BCUT2D eigenvalue weighted by molar-refractivity contribution is 7.89. The SMILES string of the molecule is Cc1ccc(S(=O)(=O)N2CCN(C(=O)c3ccc(-c4ccc(F)cc4)o3)CC2)cc1C. The van der Waals surface area contributed by atoms with Crippen LogP contribution in [-0.2, 0) is 10.0 Å². The number of amides is 1. The van der Waals surface area contributed by atoms with E-state index >= 15 is 0 Å². The molecule has 1 aromatic heterocycles. The molecule has 162 valence electrons. The number of furan rings is 1. The van der Waals surface area contributed by atoms with Crippen LogP contribution in [0.1, 0.15) is 21.7 Å². The summed E-state index contributed by atoms with van der Waals surface area (Å²) in [5.74, 6) is 0.000846. The van der Waals surface area contributed by atoms with Crippen LogP contribution in [0.5, 0.6) is 0 Å². The topological polar surface area (TPSA) is 70.8 Å². The maximum absolute atomic E-state index is 13.1. The number of benzene rings is 2. The summed E-state index contributed by atoms with van der Waals surface area (Å²) in [4.78, 5) is 14.7. The van der Waals surface area contributed by atoms with Gasteiger partial charge in [0.25, 0.3) is 5.91 Å². The minimum Gasteiger partial charge on any atom is -0.451 e. The first-order valence-electron chi connectivity index (χ1n) is 9.98. The van der Waals surface area contributed by atoms with Gasteiger partial charge in [-0.1, -0.05) is 6.07 Å². The van der Waals surface area contributed by atoms with Gasteiger partial charge in [0.1, 0.15) is 11.6 Å². The lowest BCUT2D eigenvalue weighted by Crippen LogP contribution is -2.50. The number of hydrogen-bond donors (Lipinski definition) is 0. The van der Waals surface area contributed by atoms with E-state index in [9.17, 15) is 17.6 Å². The maximum atomic E-state index is 13.1. The second-order valence-corrected chi connectivity index (χ2v) is 9.55. The molecule has 8 heteroatoms. The summed E-state index contributed by atoms with van der Waals surface area (Å²) in [6, 6.07) is 14.2. The van der Waals surface area contributed by atoms with Crippen LogP contribution in [0, 0.1) is 19.7 Å². The summed E-state index contributed by atoms with van der Waals surface area (Å²) < 4.78 is 46.1. The van der Waals surface area contributed by atoms with Crippen molar-refractivity contribution in [3.05, 3.63) is 77.3 Å². The van der Waals surface area contributed by atoms with Gasteiger partial charge in [-0.05, 0) is 73.5 Å². The molecule has 0 N–H and O–H groups in total. The van der Waals surface area contributed by atoms with E-state index in [1.807, 2.05) is 13.8 Å². The molecule has 0 saturated carbocycles. The Hall–Kier alpha value is -2.97. The molecular weight excluding hydrogens is 419 g/mol. The molecule has 0 spiro atoms. The normalized spacial score (nSPS) is 15.3. The molecule has 1 fully saturated rings. The molecule has 1 aliphatic heterocycles. The number of sulfonamides is 1. The fourth-order valence-corrected chi connectivity index (χ4v) is 5.04. The van der Waals surface area contributed by atoms with Crippen molar-refractivity contribution in [2.24, 2.45) is 0 Å². The Kier molecular flexibility index (Phi) is 5.68. The van der Waals surface area contributed by atoms with E-state index < -0.39 is 10.0 Å². The molecular formula is C23H23FN2O4S. The van der Waals surface area contributed by atoms with Gasteiger partial charge in [0, 0.05) is 31.7 Å². The van der Waals surface area contributed by atoms with Gasteiger partial charge in [-0.25, -0.2) is 12.8 Å². The summed E-state index contributed by atoms with van der Waals surface area (Å²) in [5, 5.41) is 0. The summed E-state index contributed by atoms with van der Waals surface area (Å²) in [7, 11) is -3.61. The van der Waals surface area contributed by atoms with Gasteiger partial charge in [-0.2, -0.15) is 4.31 Å². The molecule has 1 aliphatic rings. The first kappa shape index (κ1) is 21.3. The van der Waals surface area contributed by atoms with Crippen molar-refractivity contribution in [1.29, 1.82) is 0 Å². The lowest BCUT2D eigenvalue weighted by Gasteiger charge is -2.33. The fourth-order valence-electron chi connectivity index (χ4n) is 3.53. The van der Waals surface area contributed by atoms with E-state index in [0.717, 1.165) is 11.1 Å². The number of nitrogens with zero attached hydrogens (tertiary/aromatic N) is 2. The third kappa shape index (κ3) is 4.26. The first-order valence-corrected chi connectivity index (χ1v) is 11.4. The third-order valence-corrected chi connectivity index (χ3v) is 7.48.